The number of rotatable bonds is 7. The zero-order chi connectivity index (χ0) is 18.4. The Balaban J connectivity index is 1.63. The van der Waals surface area contributed by atoms with Crippen molar-refractivity contribution in [3.05, 3.63) is 48.5 Å². The molecule has 1 aliphatic carbocycles. The molecule has 2 N–H and O–H groups in total. The summed E-state index contributed by atoms with van der Waals surface area (Å²) in [6.45, 7) is 2.44. The van der Waals surface area contributed by atoms with Crippen molar-refractivity contribution in [2.75, 3.05) is 16.6 Å². The standard InChI is InChI=1S/C20H26N2O3S/c1-2-25-19-12-14-20(15-13-19)26(23,24)22-18-10-8-17(9-11-18)21-16-6-4-3-5-7-16/h8-16,21-22H,2-7H2,1H3. The summed E-state index contributed by atoms with van der Waals surface area (Å²) in [5.41, 5.74) is 1.58. The molecule has 0 unspecified atom stereocenters. The van der Waals surface area contributed by atoms with E-state index in [2.05, 4.69) is 10.0 Å². The van der Waals surface area contributed by atoms with E-state index in [1.807, 2.05) is 19.1 Å². The van der Waals surface area contributed by atoms with E-state index in [9.17, 15) is 8.42 Å². The second-order valence-electron chi connectivity index (χ2n) is 6.57. The molecule has 0 heterocycles. The molecule has 0 atom stereocenters. The summed E-state index contributed by atoms with van der Waals surface area (Å²) in [7, 11) is -3.61. The topological polar surface area (TPSA) is 67.4 Å². The summed E-state index contributed by atoms with van der Waals surface area (Å²) < 4.78 is 33.0. The number of hydrogen-bond acceptors (Lipinski definition) is 4. The molecule has 5 nitrogen and oxygen atoms in total. The molecule has 0 aromatic heterocycles. The zero-order valence-corrected chi connectivity index (χ0v) is 15.9. The Bertz CT molecular complexity index is 796. The van der Waals surface area contributed by atoms with Gasteiger partial charge in [-0.1, -0.05) is 19.3 Å². The molecule has 0 amide bonds. The SMILES string of the molecule is CCOc1ccc(S(=O)(=O)Nc2ccc(NC3CCCCC3)cc2)cc1. The highest BCUT2D eigenvalue weighted by Crippen LogP contribution is 2.24. The quantitative estimate of drug-likeness (QED) is 0.741. The van der Waals surface area contributed by atoms with Crippen molar-refractivity contribution < 1.29 is 13.2 Å². The number of nitrogens with one attached hydrogen (secondary N) is 2. The zero-order valence-electron chi connectivity index (χ0n) is 15.1. The monoisotopic (exact) mass is 374 g/mol. The molecule has 3 rings (SSSR count). The highest BCUT2D eigenvalue weighted by atomic mass is 32.2. The predicted molar refractivity (Wildman–Crippen MR) is 105 cm³/mol. The van der Waals surface area contributed by atoms with Crippen LogP contribution in [-0.2, 0) is 10.0 Å². The van der Waals surface area contributed by atoms with Crippen LogP contribution in [0.4, 0.5) is 11.4 Å². The van der Waals surface area contributed by atoms with E-state index in [4.69, 9.17) is 4.74 Å². The number of anilines is 2. The van der Waals surface area contributed by atoms with Gasteiger partial charge in [0.1, 0.15) is 5.75 Å². The molecule has 0 aliphatic heterocycles. The van der Waals surface area contributed by atoms with Crippen molar-refractivity contribution in [1.29, 1.82) is 0 Å². The van der Waals surface area contributed by atoms with Gasteiger partial charge in [0, 0.05) is 17.4 Å². The number of benzene rings is 2. The summed E-state index contributed by atoms with van der Waals surface area (Å²) >= 11 is 0. The van der Waals surface area contributed by atoms with Crippen LogP contribution in [-0.4, -0.2) is 21.1 Å². The number of sulfonamides is 1. The highest BCUT2D eigenvalue weighted by molar-refractivity contribution is 7.92. The van der Waals surface area contributed by atoms with Gasteiger partial charge in [-0.2, -0.15) is 0 Å². The average Bonchev–Trinajstić information content (AvgIpc) is 2.65. The molecule has 1 aliphatic rings. The van der Waals surface area contributed by atoms with E-state index >= 15 is 0 Å². The first-order chi connectivity index (χ1) is 12.6. The van der Waals surface area contributed by atoms with Crippen molar-refractivity contribution in [2.45, 2.75) is 50.0 Å². The highest BCUT2D eigenvalue weighted by Gasteiger charge is 2.15. The lowest BCUT2D eigenvalue weighted by atomic mass is 9.95. The smallest absolute Gasteiger partial charge is 0.261 e. The van der Waals surface area contributed by atoms with Crippen LogP contribution in [0.15, 0.2) is 53.4 Å². The van der Waals surface area contributed by atoms with Crippen molar-refractivity contribution in [2.24, 2.45) is 0 Å². The Hall–Kier alpha value is -2.21. The van der Waals surface area contributed by atoms with Gasteiger partial charge < -0.3 is 10.1 Å². The van der Waals surface area contributed by atoms with Crippen LogP contribution < -0.4 is 14.8 Å². The Kier molecular flexibility index (Phi) is 6.04. The third-order valence-electron chi connectivity index (χ3n) is 4.56. The second kappa shape index (κ2) is 8.45. The Labute approximate surface area is 155 Å². The third kappa shape index (κ3) is 4.91. The lowest BCUT2D eigenvalue weighted by Gasteiger charge is -2.24. The molecule has 2 aromatic carbocycles. The number of hydrogen-bond donors (Lipinski definition) is 2. The van der Waals surface area contributed by atoms with E-state index in [0.29, 0.717) is 24.1 Å². The maximum absolute atomic E-state index is 12.5. The van der Waals surface area contributed by atoms with Crippen LogP contribution in [0.2, 0.25) is 0 Å². The van der Waals surface area contributed by atoms with E-state index < -0.39 is 10.0 Å². The summed E-state index contributed by atoms with van der Waals surface area (Å²) in [5.74, 6) is 0.657. The normalized spacial score (nSPS) is 15.4. The molecule has 2 aromatic rings. The second-order valence-corrected chi connectivity index (χ2v) is 8.25. The fraction of sp³-hybridized carbons (Fsp3) is 0.400. The van der Waals surface area contributed by atoms with Gasteiger partial charge in [-0.25, -0.2) is 8.42 Å². The summed E-state index contributed by atoms with van der Waals surface area (Å²) in [6, 6.07) is 14.4. The van der Waals surface area contributed by atoms with Crippen molar-refractivity contribution in [1.82, 2.24) is 0 Å². The van der Waals surface area contributed by atoms with Crippen LogP contribution in [0.1, 0.15) is 39.0 Å². The maximum atomic E-state index is 12.5. The van der Waals surface area contributed by atoms with Crippen LogP contribution in [0.5, 0.6) is 5.75 Å². The minimum absolute atomic E-state index is 0.213. The fourth-order valence-corrected chi connectivity index (χ4v) is 4.27. The largest absolute Gasteiger partial charge is 0.494 e. The molecule has 140 valence electrons. The van der Waals surface area contributed by atoms with E-state index in [1.165, 1.54) is 32.1 Å². The Morgan fingerprint density at radius 1 is 0.923 bits per heavy atom. The molecule has 1 fully saturated rings. The average molecular weight is 375 g/mol. The van der Waals surface area contributed by atoms with Crippen LogP contribution >= 0.6 is 0 Å². The number of ether oxygens (including phenoxy) is 1. The van der Waals surface area contributed by atoms with Gasteiger partial charge in [0.2, 0.25) is 0 Å². The van der Waals surface area contributed by atoms with Gasteiger partial charge in [-0.05, 0) is 68.3 Å². The van der Waals surface area contributed by atoms with E-state index in [0.717, 1.165) is 5.69 Å². The fourth-order valence-electron chi connectivity index (χ4n) is 3.21. The molecular formula is C20H26N2O3S. The third-order valence-corrected chi connectivity index (χ3v) is 5.96. The van der Waals surface area contributed by atoms with E-state index in [1.54, 1.807) is 36.4 Å². The van der Waals surface area contributed by atoms with Gasteiger partial charge in [0.25, 0.3) is 10.0 Å². The van der Waals surface area contributed by atoms with Crippen LogP contribution in [0.3, 0.4) is 0 Å². The Morgan fingerprint density at radius 3 is 2.15 bits per heavy atom. The molecular weight excluding hydrogens is 348 g/mol. The minimum atomic E-state index is -3.61. The predicted octanol–water partition coefficient (Wildman–Crippen LogP) is 4.63. The lowest BCUT2D eigenvalue weighted by Crippen LogP contribution is -2.22. The van der Waals surface area contributed by atoms with Crippen molar-refractivity contribution >= 4 is 21.4 Å². The van der Waals surface area contributed by atoms with Gasteiger partial charge in [-0.3, -0.25) is 4.72 Å². The van der Waals surface area contributed by atoms with Crippen molar-refractivity contribution in [3.63, 3.8) is 0 Å². The summed E-state index contributed by atoms with van der Waals surface area (Å²) in [6.07, 6.45) is 6.28. The molecule has 0 radical (unpaired) electrons. The summed E-state index contributed by atoms with van der Waals surface area (Å²) in [4.78, 5) is 0.213. The molecule has 0 saturated heterocycles. The molecule has 26 heavy (non-hydrogen) atoms. The Morgan fingerprint density at radius 2 is 1.54 bits per heavy atom. The lowest BCUT2D eigenvalue weighted by molar-refractivity contribution is 0.340. The minimum Gasteiger partial charge on any atom is -0.494 e. The van der Waals surface area contributed by atoms with Gasteiger partial charge in [-0.15, -0.1) is 0 Å². The van der Waals surface area contributed by atoms with E-state index in [-0.39, 0.29) is 4.90 Å². The molecule has 1 saturated carbocycles. The van der Waals surface area contributed by atoms with Gasteiger partial charge in [0.15, 0.2) is 0 Å². The first-order valence-electron chi connectivity index (χ1n) is 9.19. The van der Waals surface area contributed by atoms with Gasteiger partial charge >= 0.3 is 0 Å². The molecule has 0 bridgehead atoms. The molecule has 0 spiro atoms. The van der Waals surface area contributed by atoms with Crippen LogP contribution in [0.25, 0.3) is 0 Å². The van der Waals surface area contributed by atoms with Crippen molar-refractivity contribution in [3.8, 4) is 5.75 Å². The molecule has 6 heteroatoms. The van der Waals surface area contributed by atoms with Crippen LogP contribution in [0, 0.1) is 0 Å². The first kappa shape index (κ1) is 18.6. The first-order valence-corrected chi connectivity index (χ1v) is 10.7. The summed E-state index contributed by atoms with van der Waals surface area (Å²) in [5, 5.41) is 3.53. The maximum Gasteiger partial charge on any atom is 0.261 e. The van der Waals surface area contributed by atoms with Gasteiger partial charge in [0.05, 0.1) is 11.5 Å².